The molecule has 15 heavy (non-hydrogen) atoms. The number of aryl methyl sites for hydroxylation is 1. The Labute approximate surface area is 90.1 Å². The minimum absolute atomic E-state index is 0.894. The molecule has 80 valence electrons. The van der Waals surface area contributed by atoms with E-state index in [9.17, 15) is 0 Å². The molecular formula is C11H16N4. The Kier molecular flexibility index (Phi) is 1.89. The SMILES string of the molecule is C=C1c2c(nc(C)n2C)N(C)C(=C)N1C. The van der Waals surface area contributed by atoms with Gasteiger partial charge in [-0.25, -0.2) is 4.98 Å². The molecule has 0 bridgehead atoms. The van der Waals surface area contributed by atoms with E-state index in [4.69, 9.17) is 0 Å². The number of nitrogens with zero attached hydrogens (tertiary/aromatic N) is 4. The number of imidazole rings is 1. The Morgan fingerprint density at radius 3 is 2.27 bits per heavy atom. The molecule has 0 saturated heterocycles. The van der Waals surface area contributed by atoms with Gasteiger partial charge in [-0.2, -0.15) is 0 Å². The zero-order chi connectivity index (χ0) is 11.3. The fourth-order valence-corrected chi connectivity index (χ4v) is 1.81. The van der Waals surface area contributed by atoms with Crippen molar-refractivity contribution in [2.75, 3.05) is 19.0 Å². The van der Waals surface area contributed by atoms with Crippen LogP contribution in [0.3, 0.4) is 0 Å². The summed E-state index contributed by atoms with van der Waals surface area (Å²) < 4.78 is 2.05. The smallest absolute Gasteiger partial charge is 0.162 e. The third kappa shape index (κ3) is 1.11. The molecular weight excluding hydrogens is 188 g/mol. The van der Waals surface area contributed by atoms with Crippen molar-refractivity contribution in [3.05, 3.63) is 30.5 Å². The lowest BCUT2D eigenvalue weighted by molar-refractivity contribution is 0.557. The van der Waals surface area contributed by atoms with Gasteiger partial charge < -0.3 is 14.4 Å². The molecule has 0 spiro atoms. The molecule has 4 nitrogen and oxygen atoms in total. The van der Waals surface area contributed by atoms with E-state index in [1.165, 1.54) is 0 Å². The van der Waals surface area contributed by atoms with Crippen LogP contribution in [0.15, 0.2) is 19.0 Å². The quantitative estimate of drug-likeness (QED) is 0.641. The van der Waals surface area contributed by atoms with Crippen LogP contribution in [0.2, 0.25) is 0 Å². The lowest BCUT2D eigenvalue weighted by Crippen LogP contribution is -2.34. The van der Waals surface area contributed by atoms with Crippen LogP contribution in [0.25, 0.3) is 5.70 Å². The molecule has 0 atom stereocenters. The van der Waals surface area contributed by atoms with Gasteiger partial charge in [-0.05, 0) is 6.92 Å². The predicted molar refractivity (Wildman–Crippen MR) is 62.3 cm³/mol. The zero-order valence-corrected chi connectivity index (χ0v) is 9.70. The number of anilines is 1. The Balaban J connectivity index is 2.69. The van der Waals surface area contributed by atoms with Crippen LogP contribution in [-0.4, -0.2) is 28.5 Å². The third-order valence-electron chi connectivity index (χ3n) is 3.07. The van der Waals surface area contributed by atoms with Crippen molar-refractivity contribution in [2.24, 2.45) is 7.05 Å². The Morgan fingerprint density at radius 2 is 1.67 bits per heavy atom. The number of hydrogen-bond acceptors (Lipinski definition) is 3. The molecule has 0 saturated carbocycles. The van der Waals surface area contributed by atoms with E-state index < -0.39 is 0 Å². The Morgan fingerprint density at radius 1 is 1.07 bits per heavy atom. The van der Waals surface area contributed by atoms with Gasteiger partial charge in [0, 0.05) is 21.1 Å². The highest BCUT2D eigenvalue weighted by molar-refractivity contribution is 5.76. The van der Waals surface area contributed by atoms with Gasteiger partial charge in [0.2, 0.25) is 0 Å². The van der Waals surface area contributed by atoms with E-state index in [1.807, 2.05) is 37.9 Å². The summed E-state index contributed by atoms with van der Waals surface area (Å²) in [5.74, 6) is 2.81. The second-order valence-electron chi connectivity index (χ2n) is 3.87. The summed E-state index contributed by atoms with van der Waals surface area (Å²) in [5.41, 5.74) is 2.00. The molecule has 2 rings (SSSR count). The van der Waals surface area contributed by atoms with Crippen molar-refractivity contribution in [3.8, 4) is 0 Å². The van der Waals surface area contributed by atoms with Crippen molar-refractivity contribution in [1.29, 1.82) is 0 Å². The van der Waals surface area contributed by atoms with Gasteiger partial charge in [-0.3, -0.25) is 0 Å². The minimum Gasteiger partial charge on any atom is -0.330 e. The fourth-order valence-electron chi connectivity index (χ4n) is 1.81. The predicted octanol–water partition coefficient (Wildman–Crippen LogP) is 1.55. The lowest BCUT2D eigenvalue weighted by Gasteiger charge is -2.35. The monoisotopic (exact) mass is 204 g/mol. The van der Waals surface area contributed by atoms with Crippen molar-refractivity contribution >= 4 is 11.5 Å². The summed E-state index contributed by atoms with van der Waals surface area (Å²) in [4.78, 5) is 8.47. The first kappa shape index (κ1) is 9.83. The number of rotatable bonds is 0. The molecule has 0 unspecified atom stereocenters. The van der Waals surface area contributed by atoms with Gasteiger partial charge in [0.15, 0.2) is 5.82 Å². The van der Waals surface area contributed by atoms with E-state index in [-0.39, 0.29) is 0 Å². The highest BCUT2D eigenvalue weighted by Crippen LogP contribution is 2.35. The van der Waals surface area contributed by atoms with Crippen molar-refractivity contribution in [1.82, 2.24) is 14.5 Å². The Bertz CT molecular complexity index is 455. The molecule has 4 heteroatoms. The normalized spacial score (nSPS) is 16.0. The van der Waals surface area contributed by atoms with Crippen molar-refractivity contribution in [3.63, 3.8) is 0 Å². The van der Waals surface area contributed by atoms with Crippen LogP contribution in [0.1, 0.15) is 11.5 Å². The Hall–Kier alpha value is -1.71. The fraction of sp³-hybridized carbons (Fsp3) is 0.364. The molecule has 1 aliphatic rings. The lowest BCUT2D eigenvalue weighted by atomic mass is 10.2. The average molecular weight is 204 g/mol. The highest BCUT2D eigenvalue weighted by atomic mass is 15.4. The topological polar surface area (TPSA) is 24.3 Å². The standard InChI is InChI=1S/C11H16N4/c1-7-10-11(12-8(2)14(10)5)15(6)9(3)13(7)4/h1,3H2,2,4-6H3. The maximum absolute atomic E-state index is 4.51. The van der Waals surface area contributed by atoms with Crippen LogP contribution in [0.5, 0.6) is 0 Å². The van der Waals surface area contributed by atoms with Gasteiger partial charge in [0.1, 0.15) is 17.3 Å². The third-order valence-corrected chi connectivity index (χ3v) is 3.07. The maximum Gasteiger partial charge on any atom is 0.162 e. The van der Waals surface area contributed by atoms with E-state index >= 15 is 0 Å². The molecule has 0 aliphatic carbocycles. The molecule has 0 N–H and O–H groups in total. The summed E-state index contributed by atoms with van der Waals surface area (Å²) in [5, 5.41) is 0. The van der Waals surface area contributed by atoms with Crippen LogP contribution in [-0.2, 0) is 7.05 Å². The van der Waals surface area contributed by atoms with E-state index in [0.29, 0.717) is 0 Å². The highest BCUT2D eigenvalue weighted by Gasteiger charge is 2.28. The first-order valence-corrected chi connectivity index (χ1v) is 4.84. The summed E-state index contributed by atoms with van der Waals surface area (Å²) in [6, 6.07) is 0. The number of aromatic nitrogens is 2. The van der Waals surface area contributed by atoms with Gasteiger partial charge >= 0.3 is 0 Å². The van der Waals surface area contributed by atoms with Crippen LogP contribution in [0, 0.1) is 6.92 Å². The summed E-state index contributed by atoms with van der Waals surface area (Å²) in [6.45, 7) is 10.1. The molecule has 2 heterocycles. The summed E-state index contributed by atoms with van der Waals surface area (Å²) in [7, 11) is 5.94. The van der Waals surface area contributed by atoms with Gasteiger partial charge in [0.05, 0.1) is 5.70 Å². The summed E-state index contributed by atoms with van der Waals surface area (Å²) in [6.07, 6.45) is 0. The van der Waals surface area contributed by atoms with Gasteiger partial charge in [0.25, 0.3) is 0 Å². The minimum atomic E-state index is 0.894. The van der Waals surface area contributed by atoms with Crippen molar-refractivity contribution < 1.29 is 0 Å². The summed E-state index contributed by atoms with van der Waals surface area (Å²) >= 11 is 0. The number of hydrogen-bond donors (Lipinski definition) is 0. The molecule has 1 aromatic heterocycles. The van der Waals surface area contributed by atoms with Gasteiger partial charge in [-0.15, -0.1) is 0 Å². The van der Waals surface area contributed by atoms with E-state index in [0.717, 1.165) is 28.9 Å². The molecule has 0 fully saturated rings. The maximum atomic E-state index is 4.51. The second kappa shape index (κ2) is 2.89. The van der Waals surface area contributed by atoms with Crippen LogP contribution in [0.4, 0.5) is 5.82 Å². The molecule has 0 radical (unpaired) electrons. The van der Waals surface area contributed by atoms with Crippen LogP contribution >= 0.6 is 0 Å². The van der Waals surface area contributed by atoms with Crippen molar-refractivity contribution in [2.45, 2.75) is 6.92 Å². The van der Waals surface area contributed by atoms with E-state index in [2.05, 4.69) is 22.7 Å². The van der Waals surface area contributed by atoms with Crippen LogP contribution < -0.4 is 4.90 Å². The van der Waals surface area contributed by atoms with Gasteiger partial charge in [-0.1, -0.05) is 13.2 Å². The molecule has 0 aromatic carbocycles. The zero-order valence-electron chi connectivity index (χ0n) is 9.70. The first-order valence-electron chi connectivity index (χ1n) is 4.84. The molecule has 0 amide bonds. The average Bonchev–Trinajstić information content (AvgIpc) is 2.50. The largest absolute Gasteiger partial charge is 0.330 e. The molecule has 1 aliphatic heterocycles. The number of fused-ring (bicyclic) bond motifs is 1. The second-order valence-corrected chi connectivity index (χ2v) is 3.87. The molecule has 1 aromatic rings. The van der Waals surface area contributed by atoms with E-state index in [1.54, 1.807) is 0 Å². The first-order chi connectivity index (χ1) is 6.95.